The van der Waals surface area contributed by atoms with Crippen LogP contribution in [0.3, 0.4) is 0 Å². The highest BCUT2D eigenvalue weighted by Crippen LogP contribution is 2.38. The first-order valence-electron chi connectivity index (χ1n) is 29.3. The van der Waals surface area contributed by atoms with Crippen molar-refractivity contribution in [2.75, 3.05) is 26.4 Å². The molecule has 0 spiro atoms. The number of rotatable bonds is 34. The molecule has 0 fully saturated rings. The van der Waals surface area contributed by atoms with Gasteiger partial charge in [0, 0.05) is 19.4 Å². The Morgan fingerprint density at radius 3 is 1.65 bits per heavy atom. The molecular weight excluding hydrogens is 1030 g/mol. The molecule has 11 heteroatoms. The molecule has 6 unspecified atom stereocenters. The number of aliphatic hydroxyl groups is 1. The molecule has 0 saturated heterocycles. The minimum Gasteiger partial charge on any atom is -0.465 e. The van der Waals surface area contributed by atoms with Gasteiger partial charge in [0.2, 0.25) is 6.08 Å². The van der Waals surface area contributed by atoms with Crippen molar-refractivity contribution in [3.63, 3.8) is 0 Å². The van der Waals surface area contributed by atoms with Crippen LogP contribution in [-0.4, -0.2) is 55.6 Å². The SMILES string of the molecule is C.C=C(C)c1cccc(C(C)(C)N=C=O)c1.C=CC(C)CCC=CCC(C#N)CC(C)(CC)C(=O)OCCCO.C=CC(C)CCC=CCC(CC(C)(CC)C(=O)OCCCOC(=O)NC(C)(C)c1cccc(C(=C)C)c1)c1ccccc1. The zero-order chi connectivity index (χ0) is 61.8. The van der Waals surface area contributed by atoms with Gasteiger partial charge >= 0.3 is 18.0 Å². The number of carbonyl (C=O) groups is 3. The molecule has 0 bridgehead atoms. The zero-order valence-corrected chi connectivity index (χ0v) is 52.1. The summed E-state index contributed by atoms with van der Waals surface area (Å²) in [5.74, 6) is 0.527. The van der Waals surface area contributed by atoms with E-state index < -0.39 is 28.0 Å². The fourth-order valence-electron chi connectivity index (χ4n) is 8.63. The Balaban J connectivity index is 0.00000140. The molecule has 0 aliphatic carbocycles. The maximum absolute atomic E-state index is 13.3. The lowest BCUT2D eigenvalue weighted by atomic mass is 9.75. The predicted octanol–water partition coefficient (Wildman–Crippen LogP) is 18.1. The lowest BCUT2D eigenvalue weighted by molar-refractivity contribution is -0.157. The summed E-state index contributed by atoms with van der Waals surface area (Å²) in [5.41, 5.74) is 4.84. The summed E-state index contributed by atoms with van der Waals surface area (Å²) in [6.07, 6.45) is 22.7. The molecule has 11 nitrogen and oxygen atoms in total. The third kappa shape index (κ3) is 29.3. The van der Waals surface area contributed by atoms with Crippen LogP contribution in [0, 0.1) is 39.9 Å². The van der Waals surface area contributed by atoms with E-state index >= 15 is 0 Å². The molecule has 456 valence electrons. The van der Waals surface area contributed by atoms with Crippen LogP contribution in [0.25, 0.3) is 11.1 Å². The van der Waals surface area contributed by atoms with Gasteiger partial charge in [0.25, 0.3) is 0 Å². The molecule has 2 N–H and O–H groups in total. The minimum atomic E-state index is -0.652. The van der Waals surface area contributed by atoms with Gasteiger partial charge in [-0.25, -0.2) is 9.59 Å². The van der Waals surface area contributed by atoms with Crippen LogP contribution in [0.15, 0.2) is 147 Å². The first-order valence-corrected chi connectivity index (χ1v) is 29.3. The highest BCUT2D eigenvalue weighted by molar-refractivity contribution is 5.77. The van der Waals surface area contributed by atoms with Gasteiger partial charge in [0.05, 0.1) is 53.7 Å². The van der Waals surface area contributed by atoms with Crippen molar-refractivity contribution < 1.29 is 38.5 Å². The van der Waals surface area contributed by atoms with Gasteiger partial charge in [0.15, 0.2) is 0 Å². The second kappa shape index (κ2) is 40.4. The van der Waals surface area contributed by atoms with Crippen LogP contribution in [0.2, 0.25) is 0 Å². The maximum Gasteiger partial charge on any atom is 0.407 e. The summed E-state index contributed by atoms with van der Waals surface area (Å²) in [6.45, 7) is 39.8. The number of alkyl carbamates (subject to hydrolysis) is 1. The highest BCUT2D eigenvalue weighted by Gasteiger charge is 2.37. The molecule has 0 aromatic heterocycles. The molecule has 3 aromatic rings. The summed E-state index contributed by atoms with van der Waals surface area (Å²) in [4.78, 5) is 52.2. The van der Waals surface area contributed by atoms with Gasteiger partial charge in [-0.2, -0.15) is 10.3 Å². The van der Waals surface area contributed by atoms with E-state index in [4.69, 9.17) is 19.3 Å². The molecule has 0 saturated carbocycles. The third-order valence-electron chi connectivity index (χ3n) is 15.1. The van der Waals surface area contributed by atoms with Crippen LogP contribution in [0.4, 0.5) is 4.79 Å². The van der Waals surface area contributed by atoms with Crippen molar-refractivity contribution in [3.05, 3.63) is 169 Å². The second-order valence-electron chi connectivity index (χ2n) is 23.2. The Hall–Kier alpha value is -6.86. The molecule has 3 rings (SSSR count). The molecule has 6 atom stereocenters. The Labute approximate surface area is 502 Å². The number of nitriles is 1. The molecular formula is C72H105N3O8. The Kier molecular flexibility index (Phi) is 37.0. The summed E-state index contributed by atoms with van der Waals surface area (Å²) in [7, 11) is 0. The van der Waals surface area contributed by atoms with E-state index in [2.05, 4.69) is 99.0 Å². The lowest BCUT2D eigenvalue weighted by Crippen LogP contribution is -2.41. The largest absolute Gasteiger partial charge is 0.465 e. The number of amides is 1. The molecule has 83 heavy (non-hydrogen) atoms. The molecule has 0 aliphatic heterocycles. The fraction of sp³-hybridized carbons (Fsp3) is 0.514. The number of hydrogen-bond donors (Lipinski definition) is 2. The van der Waals surface area contributed by atoms with E-state index in [0.717, 1.165) is 65.5 Å². The van der Waals surface area contributed by atoms with E-state index in [9.17, 15) is 24.4 Å². The van der Waals surface area contributed by atoms with Crippen molar-refractivity contribution in [2.45, 2.75) is 185 Å². The number of esters is 2. The standard InChI is InChI=1S/C38H53NO4.C20H33NO3.C13H15NO.CH4/c1-9-30(5)19-13-11-16-22-33(31-20-14-12-15-21-31)28-38(8,10-2)35(40)42-25-18-26-43-36(41)39-37(6,7)34-24-17-23-32(27-34)29(3)4;1-5-17(3)11-8-7-9-12-18(16-21)15-20(4,6-2)19(23)24-14-10-13-22;1-10(2)11-6-5-7-12(8-11)13(3,4)14-9-15;/h9,11-12,14-17,20-21,23-24,27,30,33H,1,3,10,13,18-19,22,25-26,28H2,2,4-8H3,(H,39,41);5,7,9,17-18,22H,1,6,8,10-15H2,2-4H3;5-8H,1H2,2-4H3;1H4. The Morgan fingerprint density at radius 2 is 1.17 bits per heavy atom. The van der Waals surface area contributed by atoms with E-state index in [0.29, 0.717) is 56.8 Å². The smallest absolute Gasteiger partial charge is 0.407 e. The van der Waals surface area contributed by atoms with Gasteiger partial charge in [-0.15, -0.1) is 13.2 Å². The van der Waals surface area contributed by atoms with Crippen LogP contribution < -0.4 is 5.32 Å². The predicted molar refractivity (Wildman–Crippen MR) is 345 cm³/mol. The lowest BCUT2D eigenvalue weighted by Gasteiger charge is -2.30. The van der Waals surface area contributed by atoms with E-state index in [1.165, 1.54) is 5.56 Å². The number of hydrogen-bond acceptors (Lipinski definition) is 10. The van der Waals surface area contributed by atoms with Gasteiger partial charge in [-0.3, -0.25) is 9.59 Å². The maximum atomic E-state index is 13.3. The number of nitrogens with one attached hydrogen (secondary N) is 1. The van der Waals surface area contributed by atoms with Gasteiger partial charge in [-0.05, 0) is 177 Å². The molecule has 0 radical (unpaired) electrons. The number of aliphatic imine (C=N–C) groups is 1. The fourth-order valence-corrected chi connectivity index (χ4v) is 8.63. The molecule has 0 heterocycles. The average Bonchev–Trinajstić information content (AvgIpc) is 3.48. The van der Waals surface area contributed by atoms with Crippen molar-refractivity contribution in [2.24, 2.45) is 33.6 Å². The summed E-state index contributed by atoms with van der Waals surface area (Å²) in [6, 6.07) is 28.6. The van der Waals surface area contributed by atoms with E-state index in [1.807, 2.05) is 142 Å². The van der Waals surface area contributed by atoms with Gasteiger partial charge in [-0.1, -0.05) is 163 Å². The van der Waals surface area contributed by atoms with Crippen LogP contribution in [-0.2, 0) is 39.7 Å². The van der Waals surface area contributed by atoms with E-state index in [1.54, 1.807) is 6.08 Å². The number of benzene rings is 3. The summed E-state index contributed by atoms with van der Waals surface area (Å²) >= 11 is 0. The summed E-state index contributed by atoms with van der Waals surface area (Å²) < 4.78 is 16.4. The van der Waals surface area contributed by atoms with Gasteiger partial charge in [0.1, 0.15) is 0 Å². The van der Waals surface area contributed by atoms with E-state index in [-0.39, 0.29) is 57.6 Å². The highest BCUT2D eigenvalue weighted by atomic mass is 16.6. The third-order valence-corrected chi connectivity index (χ3v) is 15.1. The number of carbonyl (C=O) groups excluding carboxylic acids is 4. The Bertz CT molecular complexity index is 2600. The first-order chi connectivity index (χ1) is 38.8. The second-order valence-corrected chi connectivity index (χ2v) is 23.2. The van der Waals surface area contributed by atoms with Crippen molar-refractivity contribution in [3.8, 4) is 6.07 Å². The number of nitrogens with zero attached hydrogens (tertiary/aromatic N) is 2. The number of allylic oxidation sites excluding steroid dienone is 8. The molecule has 1 amide bonds. The summed E-state index contributed by atoms with van der Waals surface area (Å²) in [5, 5.41) is 21.1. The number of aliphatic hydroxyl groups excluding tert-OH is 1. The van der Waals surface area contributed by atoms with Crippen molar-refractivity contribution >= 4 is 35.3 Å². The normalized spacial score (nSPS) is 14.0. The van der Waals surface area contributed by atoms with Crippen LogP contribution >= 0.6 is 0 Å². The van der Waals surface area contributed by atoms with Crippen LogP contribution in [0.1, 0.15) is 201 Å². The Morgan fingerprint density at radius 1 is 0.687 bits per heavy atom. The van der Waals surface area contributed by atoms with Gasteiger partial charge < -0.3 is 24.6 Å². The van der Waals surface area contributed by atoms with Crippen molar-refractivity contribution in [1.29, 1.82) is 5.26 Å². The average molecular weight is 1140 g/mol. The molecule has 0 aliphatic rings. The monoisotopic (exact) mass is 1140 g/mol. The first kappa shape index (κ1) is 76.1. The zero-order valence-electron chi connectivity index (χ0n) is 52.1. The van der Waals surface area contributed by atoms with Crippen molar-refractivity contribution in [1.82, 2.24) is 5.32 Å². The number of isocyanates is 1. The molecule has 3 aromatic carbocycles. The quantitative estimate of drug-likeness (QED) is 0.0148. The number of ether oxygens (including phenoxy) is 3. The minimum absolute atomic E-state index is 0. The topological polar surface area (TPSA) is 164 Å². The van der Waals surface area contributed by atoms with Crippen LogP contribution in [0.5, 0.6) is 0 Å².